The predicted octanol–water partition coefficient (Wildman–Crippen LogP) is 0.469. The van der Waals surface area contributed by atoms with Gasteiger partial charge in [-0.2, -0.15) is 0 Å². The number of aromatic hydroxyl groups is 1. The fourth-order valence-corrected chi connectivity index (χ4v) is 5.94. The van der Waals surface area contributed by atoms with Gasteiger partial charge in [-0.15, -0.1) is 0 Å². The Morgan fingerprint density at radius 3 is 2.46 bits per heavy atom. The van der Waals surface area contributed by atoms with E-state index in [1.807, 2.05) is 6.92 Å². The number of phenolic OH excluding ortho intramolecular Hbond substituents is 1. The van der Waals surface area contributed by atoms with Crippen LogP contribution >= 0.6 is 0 Å². The van der Waals surface area contributed by atoms with Crippen molar-refractivity contribution < 1.29 is 44.0 Å². The third-order valence-corrected chi connectivity index (χ3v) is 7.72. The number of hydrogen-bond acceptors (Lipinski definition) is 9. The third kappa shape index (κ3) is 4.21. The molecular formula is C26H31FN4O8. The molecule has 1 aromatic rings. The van der Waals surface area contributed by atoms with Gasteiger partial charge in [0.2, 0.25) is 5.78 Å². The first-order valence-electron chi connectivity index (χ1n) is 12.5. The number of hydrogen-bond donors (Lipinski definition) is 7. The summed E-state index contributed by atoms with van der Waals surface area (Å²) in [5.41, 5.74) is 0.550. The summed E-state index contributed by atoms with van der Waals surface area (Å²) in [6, 6.07) is -0.689. The van der Waals surface area contributed by atoms with Crippen molar-refractivity contribution >= 4 is 23.5 Å². The van der Waals surface area contributed by atoms with E-state index in [9.17, 15) is 39.6 Å². The zero-order chi connectivity index (χ0) is 29.0. The van der Waals surface area contributed by atoms with Crippen LogP contribution in [0.2, 0.25) is 0 Å². The summed E-state index contributed by atoms with van der Waals surface area (Å²) in [7, 11) is 3.03. The molecule has 13 heteroatoms. The number of amides is 3. The van der Waals surface area contributed by atoms with E-state index in [1.165, 1.54) is 19.0 Å². The van der Waals surface area contributed by atoms with Gasteiger partial charge in [-0.3, -0.25) is 19.3 Å². The van der Waals surface area contributed by atoms with Crippen molar-refractivity contribution in [2.45, 2.75) is 44.4 Å². The van der Waals surface area contributed by atoms with E-state index in [0.717, 1.165) is 6.07 Å². The topological polar surface area (TPSA) is 203 Å². The Kier molecular flexibility index (Phi) is 7.17. The van der Waals surface area contributed by atoms with Crippen LogP contribution in [0.4, 0.5) is 9.18 Å². The number of carbonyl (C=O) groups is 4. The second-order valence-corrected chi connectivity index (χ2v) is 10.3. The number of halogens is 1. The summed E-state index contributed by atoms with van der Waals surface area (Å²) in [6.45, 7) is 1.94. The van der Waals surface area contributed by atoms with E-state index >= 15 is 4.39 Å². The molecule has 4 atom stereocenters. The Bertz CT molecular complexity index is 1350. The van der Waals surface area contributed by atoms with Gasteiger partial charge in [0.1, 0.15) is 28.7 Å². The lowest BCUT2D eigenvalue weighted by Crippen LogP contribution is -2.63. The number of Topliss-reactive ketones (excluding diaryl/α,β-unsaturated/α-hetero) is 2. The maximum absolute atomic E-state index is 15.3. The minimum atomic E-state index is -2.78. The van der Waals surface area contributed by atoms with E-state index in [1.54, 1.807) is 0 Å². The molecule has 39 heavy (non-hydrogen) atoms. The SMILES string of the molecule is CCCNC(=O)NCc1cc(F)c2c(c1O)C(=O)C1=C(O)[C@]3(O)C(=O)C(C(N)=O)=C(O)[C@@H](N(C)C)[C@@H]3C[C@@H]1C2. The van der Waals surface area contributed by atoms with Gasteiger partial charge in [-0.1, -0.05) is 6.92 Å². The average molecular weight is 547 g/mol. The number of nitrogens with one attached hydrogen (secondary N) is 2. The van der Waals surface area contributed by atoms with Crippen molar-refractivity contribution in [3.05, 3.63) is 51.2 Å². The van der Waals surface area contributed by atoms with Crippen molar-refractivity contribution in [1.29, 1.82) is 0 Å². The number of benzene rings is 1. The van der Waals surface area contributed by atoms with Gasteiger partial charge < -0.3 is 36.8 Å². The Morgan fingerprint density at radius 1 is 1.21 bits per heavy atom. The molecule has 0 aliphatic heterocycles. The molecular weight excluding hydrogens is 515 g/mol. The van der Waals surface area contributed by atoms with Crippen LogP contribution in [0, 0.1) is 17.7 Å². The molecule has 0 fully saturated rings. The monoisotopic (exact) mass is 546 g/mol. The summed E-state index contributed by atoms with van der Waals surface area (Å²) < 4.78 is 15.3. The van der Waals surface area contributed by atoms with Crippen molar-refractivity contribution in [2.24, 2.45) is 17.6 Å². The maximum atomic E-state index is 15.3. The smallest absolute Gasteiger partial charge is 0.315 e. The van der Waals surface area contributed by atoms with Crippen LogP contribution in [-0.2, 0) is 22.6 Å². The van der Waals surface area contributed by atoms with Gasteiger partial charge in [-0.25, -0.2) is 9.18 Å². The van der Waals surface area contributed by atoms with Crippen LogP contribution in [0.15, 0.2) is 28.7 Å². The molecule has 0 aromatic heterocycles. The molecule has 0 unspecified atom stereocenters. The zero-order valence-electron chi connectivity index (χ0n) is 21.7. The number of aliphatic hydroxyl groups is 3. The van der Waals surface area contributed by atoms with Crippen molar-refractivity contribution in [1.82, 2.24) is 15.5 Å². The molecule has 0 spiro atoms. The van der Waals surface area contributed by atoms with Crippen LogP contribution in [0.5, 0.6) is 5.75 Å². The number of carbonyl (C=O) groups excluding carboxylic acids is 4. The fraction of sp³-hybridized carbons (Fsp3) is 0.462. The lowest BCUT2D eigenvalue weighted by atomic mass is 9.58. The van der Waals surface area contributed by atoms with E-state index in [-0.39, 0.29) is 30.5 Å². The number of nitrogens with two attached hydrogens (primary N) is 1. The van der Waals surface area contributed by atoms with E-state index in [2.05, 4.69) is 10.6 Å². The Labute approximate surface area is 223 Å². The van der Waals surface area contributed by atoms with Crippen molar-refractivity contribution in [2.75, 3.05) is 20.6 Å². The molecule has 4 rings (SSSR count). The summed E-state index contributed by atoms with van der Waals surface area (Å²) in [6.07, 6.45) is 0.368. The van der Waals surface area contributed by atoms with E-state index in [0.29, 0.717) is 13.0 Å². The van der Waals surface area contributed by atoms with Gasteiger partial charge in [0, 0.05) is 35.7 Å². The summed E-state index contributed by atoms with van der Waals surface area (Å²) >= 11 is 0. The number of rotatable bonds is 6. The molecule has 1 aromatic carbocycles. The van der Waals surface area contributed by atoms with Crippen LogP contribution in [0.3, 0.4) is 0 Å². The Morgan fingerprint density at radius 2 is 1.87 bits per heavy atom. The predicted molar refractivity (Wildman–Crippen MR) is 134 cm³/mol. The third-order valence-electron chi connectivity index (χ3n) is 7.72. The van der Waals surface area contributed by atoms with Crippen molar-refractivity contribution in [3.63, 3.8) is 0 Å². The molecule has 12 nitrogen and oxygen atoms in total. The van der Waals surface area contributed by atoms with Gasteiger partial charge in [0.25, 0.3) is 5.91 Å². The van der Waals surface area contributed by atoms with Gasteiger partial charge in [-0.05, 0) is 45.3 Å². The number of nitrogens with zero attached hydrogens (tertiary/aromatic N) is 1. The molecule has 0 radical (unpaired) electrons. The van der Waals surface area contributed by atoms with E-state index < -0.39 is 86.8 Å². The number of primary amides is 1. The first-order valence-corrected chi connectivity index (χ1v) is 12.5. The summed E-state index contributed by atoms with van der Waals surface area (Å²) in [4.78, 5) is 52.3. The quantitative estimate of drug-likeness (QED) is 0.248. The molecule has 0 heterocycles. The first kappa shape index (κ1) is 28.0. The van der Waals surface area contributed by atoms with Crippen LogP contribution < -0.4 is 16.4 Å². The zero-order valence-corrected chi connectivity index (χ0v) is 21.7. The largest absolute Gasteiger partial charge is 0.510 e. The van der Waals surface area contributed by atoms with Gasteiger partial charge in [0.05, 0.1) is 11.6 Å². The highest BCUT2D eigenvalue weighted by Crippen LogP contribution is 2.52. The van der Waals surface area contributed by atoms with Crippen molar-refractivity contribution in [3.8, 4) is 5.75 Å². The molecule has 0 saturated heterocycles. The molecule has 3 aliphatic carbocycles. The van der Waals surface area contributed by atoms with Gasteiger partial charge >= 0.3 is 6.03 Å². The summed E-state index contributed by atoms with van der Waals surface area (Å²) in [5, 5.41) is 49.6. The molecule has 3 aliphatic rings. The molecule has 0 bridgehead atoms. The number of ketones is 2. The number of allylic oxidation sites excluding steroid dienone is 1. The molecule has 3 amide bonds. The van der Waals surface area contributed by atoms with E-state index in [4.69, 9.17) is 5.73 Å². The number of urea groups is 1. The number of fused-ring (bicyclic) bond motifs is 3. The number of aliphatic hydroxyl groups excluding tert-OH is 2. The molecule has 210 valence electrons. The number of likely N-dealkylation sites (N-methyl/N-ethyl adjacent to an activating group) is 1. The Hall–Kier alpha value is -3.97. The molecule has 0 saturated carbocycles. The average Bonchev–Trinajstić information content (AvgIpc) is 2.85. The minimum absolute atomic E-state index is 0.0949. The first-order chi connectivity index (χ1) is 18.3. The normalized spacial score (nSPS) is 26.3. The lowest BCUT2D eigenvalue weighted by molar-refractivity contribution is -0.148. The minimum Gasteiger partial charge on any atom is -0.510 e. The second-order valence-electron chi connectivity index (χ2n) is 10.3. The highest BCUT2D eigenvalue weighted by molar-refractivity contribution is 6.24. The molecule has 8 N–H and O–H groups in total. The highest BCUT2D eigenvalue weighted by Gasteiger charge is 2.63. The van der Waals surface area contributed by atoms with Crippen LogP contribution in [-0.4, -0.2) is 81.1 Å². The standard InChI is InChI=1S/C26H31FN4O8/c1-4-5-29-25(38)30-9-11-8-14(27)12-6-10-7-13-18(31(2)3)21(34)17(24(28)37)23(36)26(13,39)22(35)15(10)20(33)16(12)19(11)32/h8,10,13,18,32,34-35,39H,4-7,9H2,1-3H3,(H2,28,37)(H2,29,30,38)/t10-,13-,18-,26-/m0/s1. The van der Waals surface area contributed by atoms with Crippen LogP contribution in [0.25, 0.3) is 0 Å². The number of phenols is 1. The summed E-state index contributed by atoms with van der Waals surface area (Å²) in [5.74, 6) is -8.92. The second kappa shape index (κ2) is 9.97. The highest BCUT2D eigenvalue weighted by atomic mass is 19.1. The van der Waals surface area contributed by atoms with Crippen LogP contribution in [0.1, 0.15) is 41.3 Å². The lowest BCUT2D eigenvalue weighted by Gasteiger charge is -2.50. The Balaban J connectivity index is 1.81. The fourth-order valence-electron chi connectivity index (χ4n) is 5.94. The van der Waals surface area contributed by atoms with Gasteiger partial charge in [0.15, 0.2) is 11.4 Å². The maximum Gasteiger partial charge on any atom is 0.315 e.